The van der Waals surface area contributed by atoms with Crippen LogP contribution in [0.15, 0.2) is 18.3 Å². The molecular formula is C8H7Cl4N. The summed E-state index contributed by atoms with van der Waals surface area (Å²) in [5.41, 5.74) is 1.48. The molecule has 0 amide bonds. The third kappa shape index (κ3) is 2.63. The number of nitrogens with zero attached hydrogens (tertiary/aromatic N) is 1. The van der Waals surface area contributed by atoms with Gasteiger partial charge in [-0.2, -0.15) is 0 Å². The largest absolute Gasteiger partial charge is 0.261 e. The zero-order valence-corrected chi connectivity index (χ0v) is 9.79. The highest BCUT2D eigenvalue weighted by atomic mass is 35.5. The van der Waals surface area contributed by atoms with Gasteiger partial charge >= 0.3 is 0 Å². The molecule has 13 heavy (non-hydrogen) atoms. The van der Waals surface area contributed by atoms with Gasteiger partial charge in [0.25, 0.3) is 0 Å². The summed E-state index contributed by atoms with van der Waals surface area (Å²) in [5.74, 6) is 0. The van der Waals surface area contributed by atoms with Crippen LogP contribution in [0.4, 0.5) is 0 Å². The Morgan fingerprint density at radius 1 is 1.31 bits per heavy atom. The molecule has 0 aliphatic rings. The van der Waals surface area contributed by atoms with Crippen molar-refractivity contribution in [2.45, 2.75) is 16.1 Å². The van der Waals surface area contributed by atoms with Gasteiger partial charge in [0.05, 0.1) is 0 Å². The fraction of sp³-hybridized carbons (Fsp3) is 0.375. The molecule has 0 spiro atoms. The standard InChI is InChI=1S/C8H7Cl4N/c1-5-2-3-6(4-13-5)8(11,12)7(9)10/h2-4,7H,1H3. The van der Waals surface area contributed by atoms with E-state index in [1.165, 1.54) is 0 Å². The number of hydrogen-bond donors (Lipinski definition) is 0. The predicted molar refractivity (Wildman–Crippen MR) is 57.9 cm³/mol. The van der Waals surface area contributed by atoms with Crippen molar-refractivity contribution >= 4 is 46.4 Å². The molecule has 0 radical (unpaired) electrons. The fourth-order valence-corrected chi connectivity index (χ4v) is 1.27. The SMILES string of the molecule is Cc1ccc(C(Cl)(Cl)C(Cl)Cl)cn1. The first-order valence-electron chi connectivity index (χ1n) is 3.53. The summed E-state index contributed by atoms with van der Waals surface area (Å²) in [6.45, 7) is 1.87. The molecule has 0 bridgehead atoms. The van der Waals surface area contributed by atoms with E-state index in [2.05, 4.69) is 4.98 Å². The molecule has 1 heterocycles. The van der Waals surface area contributed by atoms with Gasteiger partial charge in [-0.25, -0.2) is 0 Å². The molecule has 0 fully saturated rings. The van der Waals surface area contributed by atoms with Crippen LogP contribution in [0.2, 0.25) is 0 Å². The second kappa shape index (κ2) is 4.22. The smallest absolute Gasteiger partial charge is 0.174 e. The summed E-state index contributed by atoms with van der Waals surface area (Å²) >= 11 is 23.1. The maximum Gasteiger partial charge on any atom is 0.174 e. The third-order valence-electron chi connectivity index (χ3n) is 1.57. The maximum atomic E-state index is 5.91. The summed E-state index contributed by atoms with van der Waals surface area (Å²) in [4.78, 5) is 3.15. The van der Waals surface area contributed by atoms with Crippen LogP contribution in [0.1, 0.15) is 11.3 Å². The van der Waals surface area contributed by atoms with Gasteiger partial charge < -0.3 is 0 Å². The normalized spacial score (nSPS) is 12.2. The van der Waals surface area contributed by atoms with Crippen molar-refractivity contribution in [3.05, 3.63) is 29.6 Å². The lowest BCUT2D eigenvalue weighted by Crippen LogP contribution is -2.19. The molecule has 1 aromatic rings. The molecule has 5 heteroatoms. The first-order valence-corrected chi connectivity index (χ1v) is 5.16. The minimum absolute atomic E-state index is 0.594. The Balaban J connectivity index is 3.01. The van der Waals surface area contributed by atoms with Crippen molar-refractivity contribution in [1.82, 2.24) is 4.98 Å². The second-order valence-electron chi connectivity index (χ2n) is 2.61. The number of aromatic nitrogens is 1. The van der Waals surface area contributed by atoms with Crippen LogP contribution in [-0.4, -0.2) is 9.82 Å². The number of pyridine rings is 1. The zero-order valence-electron chi connectivity index (χ0n) is 6.77. The van der Waals surface area contributed by atoms with Crippen LogP contribution >= 0.6 is 46.4 Å². The van der Waals surface area contributed by atoms with Gasteiger partial charge in [-0.05, 0) is 13.0 Å². The van der Waals surface area contributed by atoms with Gasteiger partial charge in [0, 0.05) is 17.5 Å². The van der Waals surface area contributed by atoms with E-state index in [9.17, 15) is 0 Å². The van der Waals surface area contributed by atoms with E-state index >= 15 is 0 Å². The van der Waals surface area contributed by atoms with Crippen molar-refractivity contribution in [3.63, 3.8) is 0 Å². The first-order chi connectivity index (χ1) is 5.94. The molecular weight excluding hydrogens is 252 g/mol. The van der Waals surface area contributed by atoms with Crippen LogP contribution in [-0.2, 0) is 4.33 Å². The summed E-state index contributed by atoms with van der Waals surface area (Å²) in [5, 5.41) is 0. The van der Waals surface area contributed by atoms with Crippen LogP contribution < -0.4 is 0 Å². The fourth-order valence-electron chi connectivity index (χ4n) is 0.791. The molecule has 0 aromatic carbocycles. The van der Waals surface area contributed by atoms with Crippen molar-refractivity contribution in [3.8, 4) is 0 Å². The predicted octanol–water partition coefficient (Wildman–Crippen LogP) is 3.82. The average Bonchev–Trinajstić information content (AvgIpc) is 2.04. The van der Waals surface area contributed by atoms with Crippen LogP contribution in [0.5, 0.6) is 0 Å². The molecule has 0 unspecified atom stereocenters. The van der Waals surface area contributed by atoms with Crippen LogP contribution in [0.3, 0.4) is 0 Å². The molecule has 0 atom stereocenters. The molecule has 72 valence electrons. The van der Waals surface area contributed by atoms with Gasteiger partial charge in [-0.1, -0.05) is 29.3 Å². The quantitative estimate of drug-likeness (QED) is 0.735. The number of aryl methyl sites for hydroxylation is 1. The minimum atomic E-state index is -1.30. The Bertz CT molecular complexity index is 281. The van der Waals surface area contributed by atoms with Crippen LogP contribution in [0.25, 0.3) is 0 Å². The highest BCUT2D eigenvalue weighted by Gasteiger charge is 2.34. The molecule has 0 N–H and O–H groups in total. The van der Waals surface area contributed by atoms with E-state index < -0.39 is 9.17 Å². The van der Waals surface area contributed by atoms with Crippen molar-refractivity contribution in [2.24, 2.45) is 0 Å². The van der Waals surface area contributed by atoms with E-state index in [0.29, 0.717) is 5.56 Å². The Morgan fingerprint density at radius 2 is 1.92 bits per heavy atom. The van der Waals surface area contributed by atoms with E-state index in [1.54, 1.807) is 18.3 Å². The zero-order chi connectivity index (χ0) is 10.1. The van der Waals surface area contributed by atoms with Crippen molar-refractivity contribution in [2.75, 3.05) is 0 Å². The number of halogens is 4. The number of rotatable bonds is 2. The lowest BCUT2D eigenvalue weighted by atomic mass is 10.2. The van der Waals surface area contributed by atoms with Crippen molar-refractivity contribution in [1.29, 1.82) is 0 Å². The van der Waals surface area contributed by atoms with E-state index in [1.807, 2.05) is 6.92 Å². The highest BCUT2D eigenvalue weighted by Crippen LogP contribution is 2.41. The number of alkyl halides is 4. The summed E-state index contributed by atoms with van der Waals surface area (Å²) < 4.78 is -1.30. The van der Waals surface area contributed by atoms with Crippen molar-refractivity contribution < 1.29 is 0 Å². The Morgan fingerprint density at radius 3 is 2.31 bits per heavy atom. The molecule has 0 saturated carbocycles. The minimum Gasteiger partial charge on any atom is -0.261 e. The summed E-state index contributed by atoms with van der Waals surface area (Å²) in [6.07, 6.45) is 1.56. The van der Waals surface area contributed by atoms with Gasteiger partial charge in [0.15, 0.2) is 4.33 Å². The number of hydrogen-bond acceptors (Lipinski definition) is 1. The Kier molecular flexibility index (Phi) is 3.70. The van der Waals surface area contributed by atoms with Crippen LogP contribution in [0, 0.1) is 6.92 Å². The second-order valence-corrected chi connectivity index (χ2v) is 5.09. The van der Waals surface area contributed by atoms with E-state index in [0.717, 1.165) is 5.69 Å². The molecule has 0 saturated heterocycles. The van der Waals surface area contributed by atoms with Gasteiger partial charge in [0.2, 0.25) is 0 Å². The van der Waals surface area contributed by atoms with Gasteiger partial charge in [-0.15, -0.1) is 23.2 Å². The molecule has 1 nitrogen and oxygen atoms in total. The molecule has 1 aromatic heterocycles. The lowest BCUT2D eigenvalue weighted by molar-refractivity contribution is 0.917. The average molecular weight is 259 g/mol. The van der Waals surface area contributed by atoms with Gasteiger partial charge in [-0.3, -0.25) is 4.98 Å². The molecule has 1 rings (SSSR count). The Hall–Kier alpha value is 0.310. The maximum absolute atomic E-state index is 5.91. The third-order valence-corrected chi connectivity index (χ3v) is 3.54. The highest BCUT2D eigenvalue weighted by molar-refractivity contribution is 6.59. The lowest BCUT2D eigenvalue weighted by Gasteiger charge is -2.20. The monoisotopic (exact) mass is 257 g/mol. The topological polar surface area (TPSA) is 12.9 Å². The van der Waals surface area contributed by atoms with Gasteiger partial charge in [0.1, 0.15) is 4.84 Å². The summed E-state index contributed by atoms with van der Waals surface area (Å²) in [6, 6.07) is 3.55. The Labute approximate surface area is 97.0 Å². The molecule has 0 aliphatic carbocycles. The van der Waals surface area contributed by atoms with E-state index in [4.69, 9.17) is 46.4 Å². The summed E-state index contributed by atoms with van der Waals surface area (Å²) in [7, 11) is 0. The molecule has 0 aliphatic heterocycles. The first kappa shape index (κ1) is 11.4. The van der Waals surface area contributed by atoms with E-state index in [-0.39, 0.29) is 0 Å².